The zero-order chi connectivity index (χ0) is 23.8. The molecule has 0 saturated carbocycles. The molecule has 1 saturated heterocycles. The summed E-state index contributed by atoms with van der Waals surface area (Å²) in [5, 5.41) is 6.29. The summed E-state index contributed by atoms with van der Waals surface area (Å²) >= 11 is 1.45. The van der Waals surface area contributed by atoms with Gasteiger partial charge < -0.3 is 15.1 Å². The van der Waals surface area contributed by atoms with Crippen LogP contribution in [0.3, 0.4) is 0 Å². The minimum Gasteiger partial charge on any atom is -0.465 e. The summed E-state index contributed by atoms with van der Waals surface area (Å²) in [5.41, 5.74) is 1.60. The molecule has 3 heterocycles. The van der Waals surface area contributed by atoms with E-state index in [1.165, 1.54) is 23.7 Å². The molecule has 2 aromatic heterocycles. The van der Waals surface area contributed by atoms with E-state index >= 15 is 0 Å². The van der Waals surface area contributed by atoms with Crippen LogP contribution in [0.5, 0.6) is 0 Å². The van der Waals surface area contributed by atoms with E-state index in [2.05, 4.69) is 31.4 Å². The number of nitrogens with one attached hydrogen (secondary N) is 2. The van der Waals surface area contributed by atoms with Crippen LogP contribution in [0.2, 0.25) is 0 Å². The Hall–Kier alpha value is -2.39. The van der Waals surface area contributed by atoms with Crippen LogP contribution in [0.1, 0.15) is 60.2 Å². The van der Waals surface area contributed by atoms with Crippen molar-refractivity contribution in [1.82, 2.24) is 5.32 Å². The zero-order valence-electron chi connectivity index (χ0n) is 19.1. The number of hydrogen-bond donors (Lipinski definition) is 2. The Labute approximate surface area is 198 Å². The van der Waals surface area contributed by atoms with Crippen LogP contribution in [0, 0.1) is 11.3 Å². The van der Waals surface area contributed by atoms with Crippen LogP contribution in [0.25, 0.3) is 6.08 Å². The molecule has 0 radical (unpaired) electrons. The van der Waals surface area contributed by atoms with Crippen LogP contribution in [0.4, 0.5) is 5.00 Å². The van der Waals surface area contributed by atoms with E-state index in [4.69, 9.17) is 4.42 Å². The molecule has 2 aliphatic rings. The lowest BCUT2D eigenvalue weighted by Crippen LogP contribution is -2.36. The molecule has 2 unspecified atom stereocenters. The monoisotopic (exact) mass is 490 g/mol. The van der Waals surface area contributed by atoms with E-state index in [0.717, 1.165) is 29.7 Å². The molecular weight excluding hydrogens is 460 g/mol. The quantitative estimate of drug-likeness (QED) is 0.615. The maximum Gasteiger partial charge on any atom is 0.254 e. The average molecular weight is 491 g/mol. The summed E-state index contributed by atoms with van der Waals surface area (Å²) in [6, 6.07) is 3.09. The third-order valence-corrected chi connectivity index (χ3v) is 9.40. The molecular formula is C24H30N2O5S2. The Balaban J connectivity index is 1.59. The Kier molecular flexibility index (Phi) is 6.55. The van der Waals surface area contributed by atoms with E-state index in [-0.39, 0.29) is 28.7 Å². The van der Waals surface area contributed by atoms with Crippen molar-refractivity contribution in [3.63, 3.8) is 0 Å². The highest BCUT2D eigenvalue weighted by Gasteiger charge is 2.35. The molecule has 0 spiro atoms. The minimum absolute atomic E-state index is 0.0370. The third kappa shape index (κ3) is 5.58. The number of rotatable bonds is 5. The Morgan fingerprint density at radius 2 is 2.03 bits per heavy atom. The molecule has 2 N–H and O–H groups in total. The van der Waals surface area contributed by atoms with Gasteiger partial charge in [-0.3, -0.25) is 9.59 Å². The highest BCUT2D eigenvalue weighted by Crippen LogP contribution is 2.44. The third-order valence-electron chi connectivity index (χ3n) is 6.46. The van der Waals surface area contributed by atoms with E-state index in [1.807, 2.05) is 0 Å². The number of anilines is 1. The molecule has 9 heteroatoms. The highest BCUT2D eigenvalue weighted by molar-refractivity contribution is 7.91. The maximum absolute atomic E-state index is 13.3. The van der Waals surface area contributed by atoms with Crippen LogP contribution in [-0.4, -0.2) is 37.8 Å². The summed E-state index contributed by atoms with van der Waals surface area (Å²) in [6.07, 6.45) is 7.49. The van der Waals surface area contributed by atoms with Gasteiger partial charge in [0, 0.05) is 17.0 Å². The van der Waals surface area contributed by atoms with Crippen molar-refractivity contribution >= 4 is 44.1 Å². The van der Waals surface area contributed by atoms with Gasteiger partial charge in [-0.05, 0) is 60.8 Å². The first kappa shape index (κ1) is 23.8. The molecule has 2 atom stereocenters. The van der Waals surface area contributed by atoms with Crippen LogP contribution in [-0.2, 0) is 27.5 Å². The molecule has 4 rings (SSSR count). The van der Waals surface area contributed by atoms with Gasteiger partial charge in [-0.1, -0.05) is 20.8 Å². The zero-order valence-corrected chi connectivity index (χ0v) is 20.8. The number of carbonyl (C=O) groups excluding carboxylic acids is 2. The van der Waals surface area contributed by atoms with Crippen molar-refractivity contribution < 1.29 is 22.4 Å². The van der Waals surface area contributed by atoms with Gasteiger partial charge in [0.25, 0.3) is 5.91 Å². The van der Waals surface area contributed by atoms with Crippen molar-refractivity contribution in [2.24, 2.45) is 11.3 Å². The molecule has 1 fully saturated rings. The normalized spacial score (nSPS) is 22.3. The lowest BCUT2D eigenvalue weighted by Gasteiger charge is -2.33. The summed E-state index contributed by atoms with van der Waals surface area (Å²) in [7, 11) is -3.11. The summed E-state index contributed by atoms with van der Waals surface area (Å²) in [5.74, 6) is 0.439. The number of amides is 2. The molecule has 2 amide bonds. The maximum atomic E-state index is 13.3. The number of sulfone groups is 1. The SMILES string of the molecule is CC(C)(C)C1CCc2c(sc(NC(=O)C=Cc3ccco3)c2C(=O)NC2CCS(=O)(=O)C2)C1. The molecule has 1 aliphatic heterocycles. The van der Waals surface area contributed by atoms with Crippen molar-refractivity contribution in [3.8, 4) is 0 Å². The fourth-order valence-electron chi connectivity index (χ4n) is 4.52. The first-order valence-electron chi connectivity index (χ1n) is 11.2. The molecule has 0 bridgehead atoms. The Bertz CT molecular complexity index is 1170. The molecule has 7 nitrogen and oxygen atoms in total. The van der Waals surface area contributed by atoms with Gasteiger partial charge in [0.05, 0.1) is 23.3 Å². The van der Waals surface area contributed by atoms with Gasteiger partial charge in [0.1, 0.15) is 10.8 Å². The van der Waals surface area contributed by atoms with E-state index in [1.54, 1.807) is 18.2 Å². The van der Waals surface area contributed by atoms with Crippen molar-refractivity contribution in [2.45, 2.75) is 52.5 Å². The van der Waals surface area contributed by atoms with Crippen LogP contribution in [0.15, 0.2) is 28.9 Å². The number of carbonyl (C=O) groups is 2. The lowest BCUT2D eigenvalue weighted by atomic mass is 9.72. The number of furan rings is 1. The van der Waals surface area contributed by atoms with Gasteiger partial charge in [-0.2, -0.15) is 0 Å². The van der Waals surface area contributed by atoms with E-state index in [0.29, 0.717) is 28.7 Å². The second-order valence-corrected chi connectivity index (χ2v) is 13.3. The highest BCUT2D eigenvalue weighted by atomic mass is 32.2. The van der Waals surface area contributed by atoms with Gasteiger partial charge in [-0.25, -0.2) is 8.42 Å². The minimum atomic E-state index is -3.11. The van der Waals surface area contributed by atoms with Gasteiger partial charge >= 0.3 is 0 Å². The molecule has 33 heavy (non-hydrogen) atoms. The standard InChI is InChI=1S/C24H30N2O5S2/c1-24(2,3)15-6-8-18-19(13-15)32-23(26-20(27)9-7-17-5-4-11-31-17)21(18)22(28)25-16-10-12-33(29,30)14-16/h4-5,7,9,11,15-16H,6,8,10,12-14H2,1-3H3,(H,25,28)(H,26,27). The lowest BCUT2D eigenvalue weighted by molar-refractivity contribution is -0.111. The first-order chi connectivity index (χ1) is 15.5. The van der Waals surface area contributed by atoms with Gasteiger partial charge in [0.15, 0.2) is 9.84 Å². The Morgan fingerprint density at radius 3 is 2.67 bits per heavy atom. The first-order valence-corrected chi connectivity index (χ1v) is 13.8. The van der Waals surface area contributed by atoms with Gasteiger partial charge in [0.2, 0.25) is 5.91 Å². The van der Waals surface area contributed by atoms with E-state index in [9.17, 15) is 18.0 Å². The fourth-order valence-corrected chi connectivity index (χ4v) is 7.52. The van der Waals surface area contributed by atoms with Crippen LogP contribution >= 0.6 is 11.3 Å². The second kappa shape index (κ2) is 9.10. The summed E-state index contributed by atoms with van der Waals surface area (Å²) in [6.45, 7) is 6.69. The molecule has 0 aromatic carbocycles. The van der Waals surface area contributed by atoms with Crippen molar-refractivity contribution in [3.05, 3.63) is 46.2 Å². The fraction of sp³-hybridized carbons (Fsp3) is 0.500. The topological polar surface area (TPSA) is 105 Å². The Morgan fingerprint density at radius 1 is 1.24 bits per heavy atom. The van der Waals surface area contributed by atoms with Crippen molar-refractivity contribution in [2.75, 3.05) is 16.8 Å². The molecule has 178 valence electrons. The predicted octanol–water partition coefficient (Wildman–Crippen LogP) is 4.06. The summed E-state index contributed by atoms with van der Waals surface area (Å²) < 4.78 is 28.9. The largest absolute Gasteiger partial charge is 0.465 e. The number of hydrogen-bond acceptors (Lipinski definition) is 6. The van der Waals surface area contributed by atoms with E-state index < -0.39 is 15.9 Å². The van der Waals surface area contributed by atoms with Crippen LogP contribution < -0.4 is 10.6 Å². The average Bonchev–Trinajstić information content (AvgIpc) is 3.43. The smallest absolute Gasteiger partial charge is 0.254 e. The number of thiophene rings is 1. The predicted molar refractivity (Wildman–Crippen MR) is 130 cm³/mol. The second-order valence-electron chi connectivity index (χ2n) is 9.93. The molecule has 2 aromatic rings. The van der Waals surface area contributed by atoms with Gasteiger partial charge in [-0.15, -0.1) is 11.3 Å². The molecule has 1 aliphatic carbocycles. The summed E-state index contributed by atoms with van der Waals surface area (Å²) in [4.78, 5) is 27.0. The van der Waals surface area contributed by atoms with Crippen molar-refractivity contribution in [1.29, 1.82) is 0 Å². The number of fused-ring (bicyclic) bond motifs is 1.